The first-order chi connectivity index (χ1) is 9.77. The smallest absolute Gasteiger partial charge is 0.317 e. The average molecular weight is 290 g/mol. The number of nitrogens with one attached hydrogen (secondary N) is 1. The number of carbonyl (C=O) groups is 1. The van der Waals surface area contributed by atoms with Crippen LogP contribution in [-0.4, -0.2) is 41.8 Å². The van der Waals surface area contributed by atoms with Crippen molar-refractivity contribution in [3.8, 4) is 0 Å². The molecule has 2 rings (SSSR count). The van der Waals surface area contributed by atoms with Gasteiger partial charge in [0.15, 0.2) is 0 Å². The predicted octanol–water partition coefficient (Wildman–Crippen LogP) is 2.47. The van der Waals surface area contributed by atoms with E-state index in [2.05, 4.69) is 50.4 Å². The van der Waals surface area contributed by atoms with Crippen LogP contribution in [-0.2, 0) is 5.41 Å². The number of amides is 2. The highest BCUT2D eigenvalue weighted by molar-refractivity contribution is 5.75. The molecule has 0 spiro atoms. The molecule has 2 amide bonds. The van der Waals surface area contributed by atoms with Crippen LogP contribution in [0, 0.1) is 0 Å². The molecule has 1 saturated heterocycles. The molecule has 0 bridgehead atoms. The number of urea groups is 1. The van der Waals surface area contributed by atoms with Gasteiger partial charge in [-0.15, -0.1) is 0 Å². The van der Waals surface area contributed by atoms with Crippen molar-refractivity contribution in [3.05, 3.63) is 35.4 Å². The Kier molecular flexibility index (Phi) is 4.57. The van der Waals surface area contributed by atoms with Crippen molar-refractivity contribution >= 4 is 6.03 Å². The number of aliphatic hydroxyl groups is 1. The summed E-state index contributed by atoms with van der Waals surface area (Å²) in [7, 11) is 0. The summed E-state index contributed by atoms with van der Waals surface area (Å²) in [6.45, 7) is 10.1. The maximum atomic E-state index is 11.8. The number of rotatable bonds is 3. The van der Waals surface area contributed by atoms with Crippen LogP contribution in [0.1, 0.15) is 44.7 Å². The summed E-state index contributed by atoms with van der Waals surface area (Å²) < 4.78 is 0. The van der Waals surface area contributed by atoms with Gasteiger partial charge in [0, 0.05) is 25.6 Å². The van der Waals surface area contributed by atoms with Crippen LogP contribution in [0.15, 0.2) is 24.3 Å². The number of carbonyl (C=O) groups excluding carboxylic acids is 1. The van der Waals surface area contributed by atoms with E-state index in [4.69, 9.17) is 5.11 Å². The maximum absolute atomic E-state index is 11.8. The number of hydrogen-bond acceptors (Lipinski definition) is 2. The van der Waals surface area contributed by atoms with E-state index < -0.39 is 6.10 Å². The van der Waals surface area contributed by atoms with Crippen molar-refractivity contribution in [2.45, 2.75) is 45.1 Å². The number of nitrogens with zero attached hydrogens (tertiary/aromatic N) is 1. The van der Waals surface area contributed by atoms with E-state index in [1.807, 2.05) is 0 Å². The molecule has 4 heteroatoms. The average Bonchev–Trinajstić information content (AvgIpc) is 2.34. The van der Waals surface area contributed by atoms with Crippen molar-refractivity contribution in [1.82, 2.24) is 10.2 Å². The van der Waals surface area contributed by atoms with E-state index >= 15 is 0 Å². The lowest BCUT2D eigenvalue weighted by atomic mass is 9.84. The number of aliphatic hydroxyl groups excluding tert-OH is 1. The molecule has 1 atom stereocenters. The standard InChI is InChI=1S/C17H26N2O2/c1-12(20)9-18-16(21)19-10-14(11-19)13-5-7-15(8-6-13)17(2,3)4/h5-8,12,14,20H,9-11H2,1-4H3,(H,18,21). The van der Waals surface area contributed by atoms with Gasteiger partial charge in [0.25, 0.3) is 0 Å². The zero-order valence-electron chi connectivity index (χ0n) is 13.4. The lowest BCUT2D eigenvalue weighted by Crippen LogP contribution is -2.53. The third-order valence-electron chi connectivity index (χ3n) is 3.97. The van der Waals surface area contributed by atoms with E-state index in [1.165, 1.54) is 11.1 Å². The lowest BCUT2D eigenvalue weighted by molar-refractivity contribution is 0.141. The second kappa shape index (κ2) is 6.06. The monoisotopic (exact) mass is 290 g/mol. The second-order valence-corrected chi connectivity index (χ2v) is 7.01. The molecule has 1 aliphatic rings. The van der Waals surface area contributed by atoms with Gasteiger partial charge in [0.2, 0.25) is 0 Å². The van der Waals surface area contributed by atoms with Gasteiger partial charge in [-0.3, -0.25) is 0 Å². The Morgan fingerprint density at radius 1 is 1.33 bits per heavy atom. The molecule has 0 radical (unpaired) electrons. The zero-order chi connectivity index (χ0) is 15.6. The fraction of sp³-hybridized carbons (Fsp3) is 0.588. The lowest BCUT2D eigenvalue weighted by Gasteiger charge is -2.39. The molecule has 1 unspecified atom stereocenters. The highest BCUT2D eigenvalue weighted by atomic mass is 16.3. The van der Waals surface area contributed by atoms with Crippen molar-refractivity contribution in [3.63, 3.8) is 0 Å². The van der Waals surface area contributed by atoms with Crippen LogP contribution in [0.25, 0.3) is 0 Å². The van der Waals surface area contributed by atoms with Gasteiger partial charge in [-0.1, -0.05) is 45.0 Å². The summed E-state index contributed by atoms with van der Waals surface area (Å²) in [4.78, 5) is 13.6. The molecule has 1 aromatic carbocycles. The molecule has 4 nitrogen and oxygen atoms in total. The molecular formula is C17H26N2O2. The van der Waals surface area contributed by atoms with Gasteiger partial charge >= 0.3 is 6.03 Å². The quantitative estimate of drug-likeness (QED) is 0.898. The number of likely N-dealkylation sites (tertiary alicyclic amines) is 1. The Morgan fingerprint density at radius 2 is 1.90 bits per heavy atom. The number of benzene rings is 1. The summed E-state index contributed by atoms with van der Waals surface area (Å²) in [6.07, 6.45) is -0.504. The normalized spacial score (nSPS) is 17.3. The minimum absolute atomic E-state index is 0.0848. The fourth-order valence-corrected chi connectivity index (χ4v) is 2.46. The largest absolute Gasteiger partial charge is 0.392 e. The minimum Gasteiger partial charge on any atom is -0.392 e. The molecular weight excluding hydrogens is 264 g/mol. The fourth-order valence-electron chi connectivity index (χ4n) is 2.46. The molecule has 1 aromatic rings. The maximum Gasteiger partial charge on any atom is 0.317 e. The summed E-state index contributed by atoms with van der Waals surface area (Å²) in [5.41, 5.74) is 2.80. The van der Waals surface area contributed by atoms with E-state index in [0.717, 1.165) is 13.1 Å². The van der Waals surface area contributed by atoms with E-state index in [0.29, 0.717) is 12.5 Å². The molecule has 1 heterocycles. The van der Waals surface area contributed by atoms with Crippen molar-refractivity contribution in [1.29, 1.82) is 0 Å². The number of hydrogen-bond donors (Lipinski definition) is 2. The van der Waals surface area contributed by atoms with Crippen LogP contribution in [0.5, 0.6) is 0 Å². The molecule has 0 aliphatic carbocycles. The third-order valence-corrected chi connectivity index (χ3v) is 3.97. The Hall–Kier alpha value is -1.55. The Labute approximate surface area is 127 Å². The van der Waals surface area contributed by atoms with Crippen LogP contribution in [0.4, 0.5) is 4.79 Å². The SMILES string of the molecule is CC(O)CNC(=O)N1CC(c2ccc(C(C)(C)C)cc2)C1. The molecule has 0 saturated carbocycles. The van der Waals surface area contributed by atoms with Crippen LogP contribution >= 0.6 is 0 Å². The Balaban J connectivity index is 1.85. The first kappa shape index (κ1) is 15.8. The topological polar surface area (TPSA) is 52.6 Å². The van der Waals surface area contributed by atoms with Crippen molar-refractivity contribution < 1.29 is 9.90 Å². The van der Waals surface area contributed by atoms with Gasteiger partial charge < -0.3 is 15.3 Å². The van der Waals surface area contributed by atoms with Crippen molar-refractivity contribution in [2.24, 2.45) is 0 Å². The Bertz CT molecular complexity index is 483. The van der Waals surface area contributed by atoms with Crippen LogP contribution in [0.2, 0.25) is 0 Å². The van der Waals surface area contributed by atoms with Gasteiger partial charge in [0.05, 0.1) is 6.10 Å². The second-order valence-electron chi connectivity index (χ2n) is 7.01. The summed E-state index contributed by atoms with van der Waals surface area (Å²) in [5, 5.41) is 11.9. The highest BCUT2D eigenvalue weighted by Gasteiger charge is 2.31. The van der Waals surface area contributed by atoms with Crippen molar-refractivity contribution in [2.75, 3.05) is 19.6 Å². The van der Waals surface area contributed by atoms with Gasteiger partial charge in [-0.05, 0) is 23.5 Å². The Morgan fingerprint density at radius 3 is 2.38 bits per heavy atom. The van der Waals surface area contributed by atoms with Gasteiger partial charge in [-0.25, -0.2) is 4.79 Å². The first-order valence-corrected chi connectivity index (χ1v) is 7.58. The first-order valence-electron chi connectivity index (χ1n) is 7.58. The van der Waals surface area contributed by atoms with Crippen LogP contribution in [0.3, 0.4) is 0 Å². The van der Waals surface area contributed by atoms with E-state index in [1.54, 1.807) is 11.8 Å². The third kappa shape index (κ3) is 3.97. The summed E-state index contributed by atoms with van der Waals surface area (Å²) >= 11 is 0. The molecule has 21 heavy (non-hydrogen) atoms. The van der Waals surface area contributed by atoms with E-state index in [-0.39, 0.29) is 11.4 Å². The van der Waals surface area contributed by atoms with Gasteiger partial charge in [0.1, 0.15) is 0 Å². The molecule has 1 aliphatic heterocycles. The molecule has 2 N–H and O–H groups in total. The summed E-state index contributed by atoms with van der Waals surface area (Å²) in [5.74, 6) is 0.427. The summed E-state index contributed by atoms with van der Waals surface area (Å²) in [6, 6.07) is 8.64. The predicted molar refractivity (Wildman–Crippen MR) is 84.5 cm³/mol. The molecule has 116 valence electrons. The minimum atomic E-state index is -0.504. The van der Waals surface area contributed by atoms with E-state index in [9.17, 15) is 4.79 Å². The van der Waals surface area contributed by atoms with Gasteiger partial charge in [-0.2, -0.15) is 0 Å². The highest BCUT2D eigenvalue weighted by Crippen LogP contribution is 2.29. The van der Waals surface area contributed by atoms with Crippen LogP contribution < -0.4 is 5.32 Å². The molecule has 0 aromatic heterocycles. The zero-order valence-corrected chi connectivity index (χ0v) is 13.4. The molecule has 1 fully saturated rings.